The van der Waals surface area contributed by atoms with Gasteiger partial charge in [-0.2, -0.15) is 0 Å². The SMILES string of the molecule is NC(=O)c1ccc2c(c1)nc(NCc1ccccc1Cl)n2[C@H]1CCc2ccccc21. The van der Waals surface area contributed by atoms with Gasteiger partial charge >= 0.3 is 0 Å². The first-order chi connectivity index (χ1) is 14.6. The lowest BCUT2D eigenvalue weighted by Crippen LogP contribution is -2.13. The Morgan fingerprint density at radius 1 is 1.13 bits per heavy atom. The molecule has 1 atom stereocenters. The van der Waals surface area contributed by atoms with Crippen LogP contribution in [0.25, 0.3) is 11.0 Å². The van der Waals surface area contributed by atoms with Crippen LogP contribution >= 0.6 is 11.6 Å². The van der Waals surface area contributed by atoms with Gasteiger partial charge in [0.15, 0.2) is 0 Å². The number of rotatable bonds is 5. The van der Waals surface area contributed by atoms with Gasteiger partial charge in [-0.05, 0) is 53.8 Å². The number of hydrogen-bond acceptors (Lipinski definition) is 3. The highest BCUT2D eigenvalue weighted by molar-refractivity contribution is 6.31. The number of carbonyl (C=O) groups excluding carboxylic acids is 1. The highest BCUT2D eigenvalue weighted by Crippen LogP contribution is 2.38. The maximum Gasteiger partial charge on any atom is 0.248 e. The van der Waals surface area contributed by atoms with Gasteiger partial charge in [-0.3, -0.25) is 4.79 Å². The number of nitrogens with zero attached hydrogens (tertiary/aromatic N) is 2. The second kappa shape index (κ2) is 7.50. The molecule has 150 valence electrons. The van der Waals surface area contributed by atoms with Crippen molar-refractivity contribution >= 4 is 34.5 Å². The van der Waals surface area contributed by atoms with E-state index in [1.807, 2.05) is 30.3 Å². The molecular weight excluding hydrogens is 396 g/mol. The quantitative estimate of drug-likeness (QED) is 0.484. The van der Waals surface area contributed by atoms with Gasteiger partial charge < -0.3 is 15.6 Å². The van der Waals surface area contributed by atoms with Crippen molar-refractivity contribution in [3.63, 3.8) is 0 Å². The predicted molar refractivity (Wildman–Crippen MR) is 120 cm³/mol. The van der Waals surface area contributed by atoms with Crippen LogP contribution in [0.2, 0.25) is 5.02 Å². The van der Waals surface area contributed by atoms with Crippen molar-refractivity contribution < 1.29 is 4.79 Å². The highest BCUT2D eigenvalue weighted by atomic mass is 35.5. The van der Waals surface area contributed by atoms with E-state index in [9.17, 15) is 4.79 Å². The molecule has 0 radical (unpaired) electrons. The molecule has 3 N–H and O–H groups in total. The standard InChI is InChI=1S/C24H21ClN4O/c25-19-8-4-2-6-17(19)14-27-24-28-20-13-16(23(26)30)10-12-22(20)29(24)21-11-9-15-5-1-3-7-18(15)21/h1-8,10,12-13,21H,9,11,14H2,(H2,26,30)(H,27,28)/t21-/m0/s1. The molecule has 0 unspecified atom stereocenters. The third-order valence-corrected chi connectivity index (χ3v) is 6.15. The van der Waals surface area contributed by atoms with Gasteiger partial charge in [-0.1, -0.05) is 54.1 Å². The number of imidazole rings is 1. The average Bonchev–Trinajstić information content (AvgIpc) is 3.33. The number of benzene rings is 3. The molecule has 1 aromatic heterocycles. The number of halogens is 1. The molecule has 1 aliphatic carbocycles. The molecule has 0 fully saturated rings. The minimum Gasteiger partial charge on any atom is -0.366 e. The lowest BCUT2D eigenvalue weighted by Gasteiger charge is -2.19. The Morgan fingerprint density at radius 2 is 1.93 bits per heavy atom. The molecule has 4 aromatic rings. The molecule has 1 heterocycles. The number of nitrogens with one attached hydrogen (secondary N) is 1. The van der Waals surface area contributed by atoms with Gasteiger partial charge in [0, 0.05) is 17.1 Å². The third kappa shape index (κ3) is 3.21. The maximum atomic E-state index is 11.7. The summed E-state index contributed by atoms with van der Waals surface area (Å²) in [6.07, 6.45) is 2.03. The van der Waals surface area contributed by atoms with Crippen molar-refractivity contribution in [1.29, 1.82) is 0 Å². The van der Waals surface area contributed by atoms with E-state index in [1.54, 1.807) is 12.1 Å². The fraction of sp³-hybridized carbons (Fsp3) is 0.167. The zero-order chi connectivity index (χ0) is 20.7. The summed E-state index contributed by atoms with van der Waals surface area (Å²) < 4.78 is 2.24. The molecule has 3 aromatic carbocycles. The minimum absolute atomic E-state index is 0.180. The number of anilines is 1. The molecule has 1 aliphatic rings. The molecule has 6 heteroatoms. The van der Waals surface area contributed by atoms with Crippen LogP contribution in [-0.2, 0) is 13.0 Å². The summed E-state index contributed by atoms with van der Waals surface area (Å²) in [5, 5.41) is 4.18. The number of hydrogen-bond donors (Lipinski definition) is 2. The average molecular weight is 417 g/mol. The predicted octanol–water partition coefficient (Wildman–Crippen LogP) is 4.94. The fourth-order valence-corrected chi connectivity index (χ4v) is 4.51. The van der Waals surface area contributed by atoms with Crippen molar-refractivity contribution in [3.05, 3.63) is 94.0 Å². The summed E-state index contributed by atoms with van der Waals surface area (Å²) in [6, 6.07) is 22.0. The van der Waals surface area contributed by atoms with Crippen molar-refractivity contribution in [2.45, 2.75) is 25.4 Å². The number of amides is 1. The van der Waals surface area contributed by atoms with E-state index in [0.29, 0.717) is 12.1 Å². The Bertz CT molecular complexity index is 1260. The second-order valence-electron chi connectivity index (χ2n) is 7.57. The highest BCUT2D eigenvalue weighted by Gasteiger charge is 2.27. The fourth-order valence-electron chi connectivity index (χ4n) is 4.31. The van der Waals surface area contributed by atoms with Crippen molar-refractivity contribution in [1.82, 2.24) is 9.55 Å². The Kier molecular flexibility index (Phi) is 4.68. The molecule has 30 heavy (non-hydrogen) atoms. The van der Waals surface area contributed by atoms with Gasteiger partial charge in [0.1, 0.15) is 0 Å². The Balaban J connectivity index is 1.61. The van der Waals surface area contributed by atoms with Gasteiger partial charge in [-0.25, -0.2) is 4.98 Å². The monoisotopic (exact) mass is 416 g/mol. The van der Waals surface area contributed by atoms with E-state index in [4.69, 9.17) is 22.3 Å². The summed E-state index contributed by atoms with van der Waals surface area (Å²) in [5.41, 5.74) is 11.3. The Labute approximate surface area is 179 Å². The molecule has 5 nitrogen and oxygen atoms in total. The summed E-state index contributed by atoms with van der Waals surface area (Å²) in [5.74, 6) is 0.302. The van der Waals surface area contributed by atoms with Crippen LogP contribution in [0.15, 0.2) is 66.7 Å². The lowest BCUT2D eigenvalue weighted by molar-refractivity contribution is 0.100. The zero-order valence-corrected chi connectivity index (χ0v) is 17.1. The van der Waals surface area contributed by atoms with E-state index in [0.717, 1.165) is 40.4 Å². The van der Waals surface area contributed by atoms with E-state index in [-0.39, 0.29) is 6.04 Å². The van der Waals surface area contributed by atoms with E-state index >= 15 is 0 Å². The van der Waals surface area contributed by atoms with Crippen LogP contribution in [0.1, 0.15) is 39.5 Å². The van der Waals surface area contributed by atoms with Crippen LogP contribution in [0, 0.1) is 0 Å². The number of carbonyl (C=O) groups is 1. The summed E-state index contributed by atoms with van der Waals surface area (Å²) in [6.45, 7) is 0.556. The van der Waals surface area contributed by atoms with Crippen LogP contribution < -0.4 is 11.1 Å². The third-order valence-electron chi connectivity index (χ3n) is 5.78. The van der Waals surface area contributed by atoms with E-state index in [2.05, 4.69) is 34.1 Å². The normalized spacial score (nSPS) is 15.3. The number of nitrogens with two attached hydrogens (primary N) is 1. The number of fused-ring (bicyclic) bond motifs is 2. The summed E-state index contributed by atoms with van der Waals surface area (Å²) >= 11 is 6.34. The molecule has 0 bridgehead atoms. The maximum absolute atomic E-state index is 11.7. The van der Waals surface area contributed by atoms with Gasteiger partial charge in [0.2, 0.25) is 11.9 Å². The van der Waals surface area contributed by atoms with Gasteiger partial charge in [0.05, 0.1) is 17.1 Å². The molecule has 0 spiro atoms. The van der Waals surface area contributed by atoms with Gasteiger partial charge in [-0.15, -0.1) is 0 Å². The minimum atomic E-state index is -0.455. The molecular formula is C24H21ClN4O. The number of aryl methyl sites for hydroxylation is 1. The number of primary amides is 1. The van der Waals surface area contributed by atoms with Crippen molar-refractivity contribution in [2.24, 2.45) is 5.73 Å². The molecule has 0 aliphatic heterocycles. The summed E-state index contributed by atoms with van der Waals surface area (Å²) in [4.78, 5) is 16.5. The molecule has 0 saturated heterocycles. The topological polar surface area (TPSA) is 72.9 Å². The smallest absolute Gasteiger partial charge is 0.248 e. The Morgan fingerprint density at radius 3 is 2.77 bits per heavy atom. The first-order valence-electron chi connectivity index (χ1n) is 9.98. The van der Waals surface area contributed by atoms with E-state index in [1.165, 1.54) is 11.1 Å². The van der Waals surface area contributed by atoms with E-state index < -0.39 is 5.91 Å². The first-order valence-corrected chi connectivity index (χ1v) is 10.4. The van der Waals surface area contributed by atoms with Crippen LogP contribution in [0.5, 0.6) is 0 Å². The molecule has 0 saturated carbocycles. The van der Waals surface area contributed by atoms with Crippen molar-refractivity contribution in [3.8, 4) is 0 Å². The lowest BCUT2D eigenvalue weighted by atomic mass is 10.1. The van der Waals surface area contributed by atoms with Crippen LogP contribution in [-0.4, -0.2) is 15.5 Å². The number of aromatic nitrogens is 2. The zero-order valence-electron chi connectivity index (χ0n) is 16.3. The first kappa shape index (κ1) is 18.7. The largest absolute Gasteiger partial charge is 0.366 e. The van der Waals surface area contributed by atoms with Gasteiger partial charge in [0.25, 0.3) is 0 Å². The Hall–Kier alpha value is -3.31. The second-order valence-corrected chi connectivity index (χ2v) is 7.98. The summed E-state index contributed by atoms with van der Waals surface area (Å²) in [7, 11) is 0. The van der Waals surface area contributed by atoms with Crippen LogP contribution in [0.4, 0.5) is 5.95 Å². The molecule has 1 amide bonds. The van der Waals surface area contributed by atoms with Crippen LogP contribution in [0.3, 0.4) is 0 Å². The van der Waals surface area contributed by atoms with Crippen molar-refractivity contribution in [2.75, 3.05) is 5.32 Å². The molecule has 5 rings (SSSR count).